The predicted octanol–water partition coefficient (Wildman–Crippen LogP) is 6.26. The fourth-order valence-corrected chi connectivity index (χ4v) is 3.97. The molecule has 0 radical (unpaired) electrons. The quantitative estimate of drug-likeness (QED) is 0.244. The third-order valence-electron chi connectivity index (χ3n) is 5.51. The van der Waals surface area contributed by atoms with Crippen LogP contribution in [0.3, 0.4) is 0 Å². The van der Waals surface area contributed by atoms with Crippen molar-refractivity contribution in [2.45, 2.75) is 27.2 Å². The summed E-state index contributed by atoms with van der Waals surface area (Å²) in [7, 11) is 0. The van der Waals surface area contributed by atoms with Crippen LogP contribution in [0.5, 0.6) is 0 Å². The molecule has 3 heteroatoms. The Morgan fingerprint density at radius 1 is 0.968 bits per heavy atom. The number of hydrogen-bond acceptors (Lipinski definition) is 3. The zero-order chi connectivity index (χ0) is 22.4. The number of benzene rings is 3. The zero-order valence-corrected chi connectivity index (χ0v) is 18.4. The lowest BCUT2D eigenvalue weighted by molar-refractivity contribution is 0.343. The smallest absolute Gasteiger partial charge is 0.0615 e. The minimum absolute atomic E-state index is 0.0252. The van der Waals surface area contributed by atoms with Gasteiger partial charge in [0.25, 0.3) is 0 Å². The first-order chi connectivity index (χ1) is 15.0. The SMILES string of the molecule is CC/C(=C(/c1ccc(/C=C/CO)cc1)c1ccc(N)c(C=N)c1)c1ccc(C)cc1C. The van der Waals surface area contributed by atoms with E-state index in [1.54, 1.807) is 6.08 Å². The second kappa shape index (κ2) is 10.1. The maximum absolute atomic E-state index is 9.04. The zero-order valence-electron chi connectivity index (χ0n) is 18.4. The maximum atomic E-state index is 9.04. The summed E-state index contributed by atoms with van der Waals surface area (Å²) in [5.41, 5.74) is 16.7. The fourth-order valence-electron chi connectivity index (χ4n) is 3.97. The van der Waals surface area contributed by atoms with Crippen molar-refractivity contribution in [1.82, 2.24) is 0 Å². The third-order valence-corrected chi connectivity index (χ3v) is 5.51. The molecule has 158 valence electrons. The molecule has 3 aromatic carbocycles. The van der Waals surface area contributed by atoms with E-state index in [9.17, 15) is 0 Å². The van der Waals surface area contributed by atoms with Crippen LogP contribution in [0, 0.1) is 19.3 Å². The second-order valence-corrected chi connectivity index (χ2v) is 7.72. The number of nitrogens with one attached hydrogen (secondary N) is 1. The highest BCUT2D eigenvalue weighted by molar-refractivity contribution is 6.00. The minimum atomic E-state index is 0.0252. The number of nitrogens with two attached hydrogens (primary N) is 1. The number of rotatable bonds is 7. The summed E-state index contributed by atoms with van der Waals surface area (Å²) in [6.07, 6.45) is 5.82. The van der Waals surface area contributed by atoms with Gasteiger partial charge in [-0.2, -0.15) is 0 Å². The molecule has 3 nitrogen and oxygen atoms in total. The summed E-state index contributed by atoms with van der Waals surface area (Å²) in [5.74, 6) is 0. The number of aliphatic hydroxyl groups excluding tert-OH is 1. The molecule has 0 fully saturated rings. The van der Waals surface area contributed by atoms with Crippen molar-refractivity contribution in [3.63, 3.8) is 0 Å². The van der Waals surface area contributed by atoms with E-state index in [0.717, 1.165) is 28.7 Å². The molecule has 0 aliphatic rings. The molecule has 0 atom stereocenters. The lowest BCUT2D eigenvalue weighted by atomic mass is 9.85. The van der Waals surface area contributed by atoms with E-state index in [4.69, 9.17) is 16.2 Å². The molecule has 0 heterocycles. The highest BCUT2D eigenvalue weighted by Crippen LogP contribution is 2.36. The first-order valence-electron chi connectivity index (χ1n) is 10.6. The van der Waals surface area contributed by atoms with Crippen LogP contribution in [-0.4, -0.2) is 17.9 Å². The first-order valence-corrected chi connectivity index (χ1v) is 10.6. The van der Waals surface area contributed by atoms with Crippen LogP contribution >= 0.6 is 0 Å². The van der Waals surface area contributed by atoms with E-state index < -0.39 is 0 Å². The standard InChI is InChI=1S/C28H30N2O/c1-4-25(26-13-7-19(2)16-20(26)3)28(23-12-14-27(30)24(17-23)18-29)22-10-8-21(9-11-22)6-5-15-31/h5-14,16-18,29,31H,4,15,30H2,1-3H3/b6-5+,28-25+,29-18?. The number of hydrogen-bond donors (Lipinski definition) is 3. The Morgan fingerprint density at radius 2 is 1.68 bits per heavy atom. The predicted molar refractivity (Wildman–Crippen MR) is 133 cm³/mol. The van der Waals surface area contributed by atoms with E-state index in [2.05, 4.69) is 63.2 Å². The van der Waals surface area contributed by atoms with Gasteiger partial charge in [-0.15, -0.1) is 0 Å². The van der Waals surface area contributed by atoms with Gasteiger partial charge in [-0.1, -0.05) is 73.2 Å². The summed E-state index contributed by atoms with van der Waals surface area (Å²) in [6, 6.07) is 20.9. The van der Waals surface area contributed by atoms with Gasteiger partial charge in [0.2, 0.25) is 0 Å². The van der Waals surface area contributed by atoms with Crippen molar-refractivity contribution >= 4 is 29.1 Å². The monoisotopic (exact) mass is 410 g/mol. The molecule has 31 heavy (non-hydrogen) atoms. The Kier molecular flexibility index (Phi) is 7.22. The average Bonchev–Trinajstić information content (AvgIpc) is 2.78. The topological polar surface area (TPSA) is 70.1 Å². The van der Waals surface area contributed by atoms with Gasteiger partial charge in [-0.3, -0.25) is 0 Å². The molecule has 0 saturated heterocycles. The molecule has 4 N–H and O–H groups in total. The fraction of sp³-hybridized carbons (Fsp3) is 0.179. The van der Waals surface area contributed by atoms with E-state index >= 15 is 0 Å². The summed E-state index contributed by atoms with van der Waals surface area (Å²) in [6.45, 7) is 6.48. The van der Waals surface area contributed by atoms with Crippen LogP contribution < -0.4 is 5.73 Å². The van der Waals surface area contributed by atoms with Gasteiger partial charge < -0.3 is 16.2 Å². The van der Waals surface area contributed by atoms with Crippen molar-refractivity contribution < 1.29 is 5.11 Å². The molecular weight excluding hydrogens is 380 g/mol. The molecule has 0 aromatic heterocycles. The molecule has 0 aliphatic heterocycles. The largest absolute Gasteiger partial charge is 0.398 e. The number of aliphatic hydroxyl groups is 1. The molecule has 0 unspecified atom stereocenters. The summed E-state index contributed by atoms with van der Waals surface area (Å²) in [4.78, 5) is 0. The lowest BCUT2D eigenvalue weighted by Crippen LogP contribution is -2.00. The van der Waals surface area contributed by atoms with Crippen molar-refractivity contribution in [2.75, 3.05) is 12.3 Å². The Hall–Kier alpha value is -3.43. The van der Waals surface area contributed by atoms with Crippen molar-refractivity contribution in [3.8, 4) is 0 Å². The Balaban J connectivity index is 2.28. The normalized spacial score (nSPS) is 12.1. The number of allylic oxidation sites excluding steroid dienone is 1. The van der Waals surface area contributed by atoms with Crippen LogP contribution in [0.15, 0.2) is 66.7 Å². The van der Waals surface area contributed by atoms with E-state index in [1.165, 1.54) is 28.5 Å². The number of anilines is 1. The summed E-state index contributed by atoms with van der Waals surface area (Å²) < 4.78 is 0. The van der Waals surface area contributed by atoms with Crippen molar-refractivity contribution in [3.05, 3.63) is 106 Å². The average molecular weight is 411 g/mol. The highest BCUT2D eigenvalue weighted by atomic mass is 16.2. The highest BCUT2D eigenvalue weighted by Gasteiger charge is 2.15. The van der Waals surface area contributed by atoms with Gasteiger partial charge in [-0.05, 0) is 71.4 Å². The van der Waals surface area contributed by atoms with Crippen molar-refractivity contribution in [1.29, 1.82) is 5.41 Å². The van der Waals surface area contributed by atoms with Crippen LogP contribution in [0.2, 0.25) is 0 Å². The minimum Gasteiger partial charge on any atom is -0.398 e. The molecule has 0 spiro atoms. The Morgan fingerprint density at radius 3 is 2.29 bits per heavy atom. The molecule has 3 aromatic rings. The molecule has 0 bridgehead atoms. The van der Waals surface area contributed by atoms with Crippen LogP contribution in [0.1, 0.15) is 52.3 Å². The van der Waals surface area contributed by atoms with Gasteiger partial charge in [0, 0.05) is 17.5 Å². The van der Waals surface area contributed by atoms with E-state index in [-0.39, 0.29) is 6.61 Å². The second-order valence-electron chi connectivity index (χ2n) is 7.72. The third kappa shape index (κ3) is 5.01. The molecular formula is C28H30N2O. The molecule has 3 rings (SSSR count). The Labute approximate surface area is 185 Å². The molecule has 0 aliphatic carbocycles. The van der Waals surface area contributed by atoms with Crippen LogP contribution in [0.25, 0.3) is 17.2 Å². The van der Waals surface area contributed by atoms with E-state index in [0.29, 0.717) is 11.3 Å². The first kappa shape index (κ1) is 22.3. The number of aryl methyl sites for hydroxylation is 2. The summed E-state index contributed by atoms with van der Waals surface area (Å²) >= 11 is 0. The molecule has 0 saturated carbocycles. The van der Waals surface area contributed by atoms with Crippen molar-refractivity contribution in [2.24, 2.45) is 0 Å². The summed E-state index contributed by atoms with van der Waals surface area (Å²) in [5, 5.41) is 16.8. The molecule has 0 amide bonds. The number of nitrogen functional groups attached to an aromatic ring is 1. The van der Waals surface area contributed by atoms with Gasteiger partial charge in [0.1, 0.15) is 0 Å². The van der Waals surface area contributed by atoms with Gasteiger partial charge in [0.15, 0.2) is 0 Å². The van der Waals surface area contributed by atoms with Crippen LogP contribution in [0.4, 0.5) is 5.69 Å². The lowest BCUT2D eigenvalue weighted by Gasteiger charge is -2.19. The van der Waals surface area contributed by atoms with Crippen LogP contribution in [-0.2, 0) is 0 Å². The maximum Gasteiger partial charge on any atom is 0.0615 e. The van der Waals surface area contributed by atoms with Gasteiger partial charge in [0.05, 0.1) is 6.61 Å². The van der Waals surface area contributed by atoms with E-state index in [1.807, 2.05) is 24.3 Å². The Bertz CT molecular complexity index is 1140. The van der Waals surface area contributed by atoms with Gasteiger partial charge >= 0.3 is 0 Å². The van der Waals surface area contributed by atoms with Gasteiger partial charge in [-0.25, -0.2) is 0 Å².